The van der Waals surface area contributed by atoms with Gasteiger partial charge < -0.3 is 9.47 Å². The van der Waals surface area contributed by atoms with Crippen molar-refractivity contribution in [2.45, 2.75) is 45.3 Å². The lowest BCUT2D eigenvalue weighted by atomic mass is 9.87. The van der Waals surface area contributed by atoms with E-state index in [9.17, 15) is 9.18 Å². The van der Waals surface area contributed by atoms with E-state index in [-0.39, 0.29) is 23.8 Å². The molecule has 1 aromatic carbocycles. The van der Waals surface area contributed by atoms with E-state index in [1.54, 1.807) is 6.07 Å². The maximum absolute atomic E-state index is 13.2. The second kappa shape index (κ2) is 6.84. The Kier molecular flexibility index (Phi) is 5.12. The Balaban J connectivity index is 1.81. The Hall–Kier alpha value is -1.42. The third-order valence-electron chi connectivity index (χ3n) is 3.99. The van der Waals surface area contributed by atoms with Crippen molar-refractivity contribution in [3.63, 3.8) is 0 Å². The minimum Gasteiger partial charge on any atom is -0.469 e. The Morgan fingerprint density at radius 1 is 1.30 bits per heavy atom. The Labute approximate surface area is 119 Å². The van der Waals surface area contributed by atoms with Crippen molar-refractivity contribution in [3.8, 4) is 0 Å². The Morgan fingerprint density at radius 3 is 2.65 bits per heavy atom. The smallest absolute Gasteiger partial charge is 0.308 e. The lowest BCUT2D eigenvalue weighted by molar-refractivity contribution is -0.147. The predicted molar refractivity (Wildman–Crippen MR) is 73.7 cm³/mol. The first-order chi connectivity index (χ1) is 9.60. The number of esters is 1. The molecule has 20 heavy (non-hydrogen) atoms. The van der Waals surface area contributed by atoms with Crippen molar-refractivity contribution in [1.29, 1.82) is 0 Å². The minimum absolute atomic E-state index is 0.00996. The zero-order valence-corrected chi connectivity index (χ0v) is 12.0. The maximum Gasteiger partial charge on any atom is 0.308 e. The summed E-state index contributed by atoms with van der Waals surface area (Å²) in [4.78, 5) is 11.4. The monoisotopic (exact) mass is 280 g/mol. The van der Waals surface area contributed by atoms with Gasteiger partial charge in [0.2, 0.25) is 0 Å². The van der Waals surface area contributed by atoms with E-state index in [4.69, 9.17) is 9.47 Å². The first-order valence-electron chi connectivity index (χ1n) is 7.04. The quantitative estimate of drug-likeness (QED) is 0.793. The van der Waals surface area contributed by atoms with Crippen LogP contribution in [0.15, 0.2) is 18.2 Å². The molecular formula is C16H21FO3. The number of benzene rings is 1. The highest BCUT2D eigenvalue weighted by Crippen LogP contribution is 2.28. The maximum atomic E-state index is 13.2. The molecule has 0 unspecified atom stereocenters. The molecule has 0 amide bonds. The van der Waals surface area contributed by atoms with Crippen LogP contribution in [0.3, 0.4) is 0 Å². The normalized spacial score (nSPS) is 22.6. The third-order valence-corrected chi connectivity index (χ3v) is 3.99. The van der Waals surface area contributed by atoms with Crippen LogP contribution >= 0.6 is 0 Å². The molecule has 0 N–H and O–H groups in total. The highest BCUT2D eigenvalue weighted by atomic mass is 19.1. The van der Waals surface area contributed by atoms with Crippen LogP contribution in [0.2, 0.25) is 0 Å². The van der Waals surface area contributed by atoms with E-state index >= 15 is 0 Å². The summed E-state index contributed by atoms with van der Waals surface area (Å²) >= 11 is 0. The van der Waals surface area contributed by atoms with Gasteiger partial charge in [0, 0.05) is 0 Å². The molecule has 0 bridgehead atoms. The number of halogens is 1. The van der Waals surface area contributed by atoms with Gasteiger partial charge in [0.1, 0.15) is 5.82 Å². The van der Waals surface area contributed by atoms with Gasteiger partial charge in [0.15, 0.2) is 0 Å². The van der Waals surface area contributed by atoms with Crippen LogP contribution in [-0.2, 0) is 20.9 Å². The molecule has 0 aromatic heterocycles. The number of carbonyl (C=O) groups is 1. The first-order valence-corrected chi connectivity index (χ1v) is 7.04. The van der Waals surface area contributed by atoms with Crippen LogP contribution in [0.1, 0.15) is 36.8 Å². The molecule has 1 saturated carbocycles. The molecule has 1 aromatic rings. The van der Waals surface area contributed by atoms with Crippen molar-refractivity contribution in [2.24, 2.45) is 5.92 Å². The molecule has 0 heterocycles. The summed E-state index contributed by atoms with van der Waals surface area (Å²) in [7, 11) is 1.43. The molecule has 4 heteroatoms. The van der Waals surface area contributed by atoms with Crippen molar-refractivity contribution in [2.75, 3.05) is 7.11 Å². The van der Waals surface area contributed by atoms with Crippen LogP contribution in [0, 0.1) is 18.7 Å². The molecule has 0 radical (unpaired) electrons. The second-order valence-corrected chi connectivity index (χ2v) is 5.38. The largest absolute Gasteiger partial charge is 0.469 e. The average Bonchev–Trinajstić information content (AvgIpc) is 2.48. The van der Waals surface area contributed by atoms with Gasteiger partial charge in [-0.3, -0.25) is 4.79 Å². The highest BCUT2D eigenvalue weighted by Gasteiger charge is 2.27. The summed E-state index contributed by atoms with van der Waals surface area (Å²) in [5, 5.41) is 0. The Bertz CT molecular complexity index is 465. The molecule has 1 aliphatic carbocycles. The number of hydrogen-bond acceptors (Lipinski definition) is 3. The van der Waals surface area contributed by atoms with Gasteiger partial charge in [-0.15, -0.1) is 0 Å². The van der Waals surface area contributed by atoms with Gasteiger partial charge in [-0.05, 0) is 55.9 Å². The van der Waals surface area contributed by atoms with Crippen LogP contribution < -0.4 is 0 Å². The average molecular weight is 280 g/mol. The predicted octanol–water partition coefficient (Wildman–Crippen LogP) is 3.38. The third kappa shape index (κ3) is 3.79. The number of rotatable bonds is 4. The van der Waals surface area contributed by atoms with Gasteiger partial charge in [-0.1, -0.05) is 6.07 Å². The summed E-state index contributed by atoms with van der Waals surface area (Å²) in [6.07, 6.45) is 3.47. The number of methoxy groups -OCH3 is 1. The van der Waals surface area contributed by atoms with Gasteiger partial charge in [-0.2, -0.15) is 0 Å². The fourth-order valence-corrected chi connectivity index (χ4v) is 2.64. The minimum atomic E-state index is -0.233. The summed E-state index contributed by atoms with van der Waals surface area (Å²) < 4.78 is 23.8. The zero-order valence-electron chi connectivity index (χ0n) is 12.0. The number of ether oxygens (including phenoxy) is 2. The molecular weight excluding hydrogens is 259 g/mol. The summed E-state index contributed by atoms with van der Waals surface area (Å²) in [5.41, 5.74) is 1.93. The highest BCUT2D eigenvalue weighted by molar-refractivity contribution is 5.72. The zero-order chi connectivity index (χ0) is 14.5. The molecule has 110 valence electrons. The van der Waals surface area contributed by atoms with Crippen molar-refractivity contribution in [3.05, 3.63) is 35.1 Å². The number of hydrogen-bond donors (Lipinski definition) is 0. The summed E-state index contributed by atoms with van der Waals surface area (Å²) in [6, 6.07) is 4.75. The van der Waals surface area contributed by atoms with E-state index in [1.807, 2.05) is 6.92 Å². The first kappa shape index (κ1) is 15.0. The second-order valence-electron chi connectivity index (χ2n) is 5.38. The van der Waals surface area contributed by atoms with E-state index in [1.165, 1.54) is 19.2 Å². The SMILES string of the molecule is COC(=O)C1CCC(OCc2cc(F)ccc2C)CC1. The van der Waals surface area contributed by atoms with Crippen molar-refractivity contribution < 1.29 is 18.7 Å². The van der Waals surface area contributed by atoms with Gasteiger partial charge in [0.25, 0.3) is 0 Å². The summed E-state index contributed by atoms with van der Waals surface area (Å²) in [6.45, 7) is 2.38. The van der Waals surface area contributed by atoms with Crippen molar-refractivity contribution >= 4 is 5.97 Å². The van der Waals surface area contributed by atoms with E-state index in [2.05, 4.69) is 0 Å². The molecule has 3 nitrogen and oxygen atoms in total. The van der Waals surface area contributed by atoms with Gasteiger partial charge >= 0.3 is 5.97 Å². The molecule has 0 aliphatic heterocycles. The number of carbonyl (C=O) groups excluding carboxylic acids is 1. The molecule has 1 aliphatic rings. The molecule has 0 spiro atoms. The van der Waals surface area contributed by atoms with Crippen LogP contribution in [-0.4, -0.2) is 19.2 Å². The van der Waals surface area contributed by atoms with Crippen LogP contribution in [0.25, 0.3) is 0 Å². The standard InChI is InChI=1S/C16H21FO3/c1-11-3-6-14(17)9-13(11)10-20-15-7-4-12(5-8-15)16(18)19-2/h3,6,9,12,15H,4-5,7-8,10H2,1-2H3. The lowest BCUT2D eigenvalue weighted by Crippen LogP contribution is -2.26. The number of aryl methyl sites for hydroxylation is 1. The molecule has 0 saturated heterocycles. The molecule has 1 fully saturated rings. The van der Waals surface area contributed by atoms with Gasteiger partial charge in [0.05, 0.1) is 25.7 Å². The van der Waals surface area contributed by atoms with Gasteiger partial charge in [-0.25, -0.2) is 4.39 Å². The fourth-order valence-electron chi connectivity index (χ4n) is 2.64. The summed E-state index contributed by atoms with van der Waals surface area (Å²) in [5.74, 6) is -0.344. The van der Waals surface area contributed by atoms with Crippen molar-refractivity contribution in [1.82, 2.24) is 0 Å². The Morgan fingerprint density at radius 2 is 2.00 bits per heavy atom. The van der Waals surface area contributed by atoms with E-state index in [0.717, 1.165) is 36.8 Å². The fraction of sp³-hybridized carbons (Fsp3) is 0.562. The van der Waals surface area contributed by atoms with Crippen LogP contribution in [0.4, 0.5) is 4.39 Å². The van der Waals surface area contributed by atoms with E-state index < -0.39 is 0 Å². The molecule has 0 atom stereocenters. The molecule has 2 rings (SSSR count). The van der Waals surface area contributed by atoms with E-state index in [0.29, 0.717) is 6.61 Å². The van der Waals surface area contributed by atoms with Crippen LogP contribution in [0.5, 0.6) is 0 Å². The lowest BCUT2D eigenvalue weighted by Gasteiger charge is -2.27. The topological polar surface area (TPSA) is 35.5 Å².